The SMILES string of the molecule is COc1ncc(-c2cc(C(F)(F)F)c3c(N)ncnn23)cc1C(=O)NC1CCCC(c2ccc(F)cc2)C1. The second-order valence-electron chi connectivity index (χ2n) is 9.21. The molecule has 3 aromatic heterocycles. The first-order valence-electron chi connectivity index (χ1n) is 12.0. The number of nitrogens with two attached hydrogens (primary N) is 1. The minimum absolute atomic E-state index is 0.0307. The van der Waals surface area contributed by atoms with Gasteiger partial charge in [-0.2, -0.15) is 18.3 Å². The van der Waals surface area contributed by atoms with Crippen LogP contribution >= 0.6 is 0 Å². The Balaban J connectivity index is 1.45. The minimum atomic E-state index is -4.70. The number of carbonyl (C=O) groups is 1. The van der Waals surface area contributed by atoms with Gasteiger partial charge in [0.2, 0.25) is 5.88 Å². The van der Waals surface area contributed by atoms with Gasteiger partial charge in [0.25, 0.3) is 5.91 Å². The van der Waals surface area contributed by atoms with Crippen LogP contribution in [0.5, 0.6) is 5.88 Å². The largest absolute Gasteiger partial charge is 0.480 e. The van der Waals surface area contributed by atoms with Crippen LogP contribution in [0, 0.1) is 5.82 Å². The number of hydrogen-bond acceptors (Lipinski definition) is 6. The molecule has 1 aromatic carbocycles. The van der Waals surface area contributed by atoms with E-state index in [1.54, 1.807) is 12.1 Å². The molecule has 1 saturated carbocycles. The molecule has 1 amide bonds. The van der Waals surface area contributed by atoms with E-state index in [9.17, 15) is 22.4 Å². The lowest BCUT2D eigenvalue weighted by Crippen LogP contribution is -2.38. The highest BCUT2D eigenvalue weighted by Crippen LogP contribution is 2.39. The number of nitrogens with zero attached hydrogens (tertiary/aromatic N) is 4. The van der Waals surface area contributed by atoms with Crippen molar-refractivity contribution < 1.29 is 27.1 Å². The normalized spacial score (nSPS) is 17.9. The van der Waals surface area contributed by atoms with Crippen LogP contribution in [0.25, 0.3) is 16.8 Å². The molecule has 0 saturated heterocycles. The molecule has 2 atom stereocenters. The number of nitrogens with one attached hydrogen (secondary N) is 1. The topological polar surface area (TPSA) is 107 Å². The molecule has 0 bridgehead atoms. The van der Waals surface area contributed by atoms with E-state index in [0.717, 1.165) is 41.7 Å². The number of benzene rings is 1. The van der Waals surface area contributed by atoms with Gasteiger partial charge >= 0.3 is 6.18 Å². The van der Waals surface area contributed by atoms with Gasteiger partial charge in [0.15, 0.2) is 5.82 Å². The third-order valence-corrected chi connectivity index (χ3v) is 6.82. The first-order valence-corrected chi connectivity index (χ1v) is 12.0. The van der Waals surface area contributed by atoms with Crippen molar-refractivity contribution in [2.45, 2.75) is 43.8 Å². The zero-order chi connectivity index (χ0) is 27.0. The Morgan fingerprint density at radius 3 is 2.63 bits per heavy atom. The third kappa shape index (κ3) is 4.85. The summed E-state index contributed by atoms with van der Waals surface area (Å²) in [6.07, 6.45) is 0.878. The number of carbonyl (C=O) groups excluding carboxylic acids is 1. The quantitative estimate of drug-likeness (QED) is 0.353. The molecule has 0 aliphatic heterocycles. The van der Waals surface area contributed by atoms with Gasteiger partial charge in [-0.05, 0) is 55.0 Å². The molecule has 1 aliphatic carbocycles. The molecule has 0 radical (unpaired) electrons. The summed E-state index contributed by atoms with van der Waals surface area (Å²) in [5.74, 6) is -0.901. The lowest BCUT2D eigenvalue weighted by molar-refractivity contribution is -0.136. The third-order valence-electron chi connectivity index (χ3n) is 6.82. The van der Waals surface area contributed by atoms with E-state index in [2.05, 4.69) is 20.4 Å². The number of amides is 1. The first kappa shape index (κ1) is 25.4. The molecule has 1 fully saturated rings. The van der Waals surface area contributed by atoms with E-state index in [1.807, 2.05) is 0 Å². The number of rotatable bonds is 5. The number of pyridine rings is 1. The maximum atomic E-state index is 13.7. The van der Waals surface area contributed by atoms with E-state index >= 15 is 0 Å². The van der Waals surface area contributed by atoms with Crippen LogP contribution in [-0.2, 0) is 6.18 Å². The highest BCUT2D eigenvalue weighted by molar-refractivity contribution is 5.97. The van der Waals surface area contributed by atoms with Crippen LogP contribution in [0.4, 0.5) is 23.4 Å². The Hall–Kier alpha value is -4.22. The van der Waals surface area contributed by atoms with Crippen molar-refractivity contribution in [3.05, 3.63) is 71.4 Å². The predicted molar refractivity (Wildman–Crippen MR) is 131 cm³/mol. The van der Waals surface area contributed by atoms with Crippen molar-refractivity contribution >= 4 is 17.2 Å². The Kier molecular flexibility index (Phi) is 6.64. The van der Waals surface area contributed by atoms with Crippen LogP contribution in [0.3, 0.4) is 0 Å². The van der Waals surface area contributed by atoms with Gasteiger partial charge in [0.1, 0.15) is 23.2 Å². The summed E-state index contributed by atoms with van der Waals surface area (Å²) in [5.41, 5.74) is 5.69. The minimum Gasteiger partial charge on any atom is -0.480 e. The van der Waals surface area contributed by atoms with E-state index in [4.69, 9.17) is 10.5 Å². The molecule has 198 valence electrons. The second-order valence-corrected chi connectivity index (χ2v) is 9.21. The van der Waals surface area contributed by atoms with Crippen molar-refractivity contribution in [2.75, 3.05) is 12.8 Å². The Morgan fingerprint density at radius 1 is 1.16 bits per heavy atom. The summed E-state index contributed by atoms with van der Waals surface area (Å²) in [4.78, 5) is 21.2. The van der Waals surface area contributed by atoms with Gasteiger partial charge in [-0.1, -0.05) is 18.6 Å². The zero-order valence-electron chi connectivity index (χ0n) is 20.3. The van der Waals surface area contributed by atoms with Crippen molar-refractivity contribution in [1.29, 1.82) is 0 Å². The maximum absolute atomic E-state index is 13.7. The van der Waals surface area contributed by atoms with Gasteiger partial charge in [-0.15, -0.1) is 0 Å². The number of ether oxygens (including phenoxy) is 1. The number of nitrogen functional groups attached to an aromatic ring is 1. The highest BCUT2D eigenvalue weighted by Gasteiger charge is 2.37. The van der Waals surface area contributed by atoms with Gasteiger partial charge in [-0.25, -0.2) is 18.9 Å². The summed E-state index contributed by atoms with van der Waals surface area (Å²) in [6.45, 7) is 0. The van der Waals surface area contributed by atoms with E-state index in [0.29, 0.717) is 6.42 Å². The van der Waals surface area contributed by atoms with Crippen molar-refractivity contribution in [3.8, 4) is 17.1 Å². The molecule has 5 rings (SSSR count). The van der Waals surface area contributed by atoms with Gasteiger partial charge in [-0.3, -0.25) is 4.79 Å². The second kappa shape index (κ2) is 9.92. The standard InChI is InChI=1S/C26H24F4N6O2/c1-38-25-19(24(37)35-18-4-2-3-15(9-18)14-5-7-17(27)8-6-14)10-16(12-32-25)21-11-20(26(28,29)30)22-23(31)33-13-34-36(21)22/h5-8,10-13,15,18H,2-4,9H2,1H3,(H,35,37)(H2,31,33,34). The average Bonchev–Trinajstić information content (AvgIpc) is 3.31. The smallest absolute Gasteiger partial charge is 0.418 e. The molecule has 12 heteroatoms. The number of methoxy groups -OCH3 is 1. The number of aromatic nitrogens is 4. The molecular weight excluding hydrogens is 504 g/mol. The monoisotopic (exact) mass is 528 g/mol. The summed E-state index contributed by atoms with van der Waals surface area (Å²) in [5, 5.41) is 6.96. The van der Waals surface area contributed by atoms with Crippen LogP contribution in [0.15, 0.2) is 48.9 Å². The van der Waals surface area contributed by atoms with Crippen LogP contribution in [0.2, 0.25) is 0 Å². The molecule has 3 heterocycles. The molecular formula is C26H24F4N6O2. The molecule has 3 N–H and O–H groups in total. The number of anilines is 1. The molecule has 1 aliphatic rings. The Morgan fingerprint density at radius 2 is 1.92 bits per heavy atom. The Labute approximate surface area is 214 Å². The number of fused-ring (bicyclic) bond motifs is 1. The van der Waals surface area contributed by atoms with Crippen LogP contribution in [0.1, 0.15) is 53.1 Å². The first-order chi connectivity index (χ1) is 18.2. The number of hydrogen-bond donors (Lipinski definition) is 2. The van der Waals surface area contributed by atoms with E-state index in [1.165, 1.54) is 31.5 Å². The fourth-order valence-electron chi connectivity index (χ4n) is 5.03. The van der Waals surface area contributed by atoms with Gasteiger partial charge in [0, 0.05) is 17.8 Å². The Bertz CT molecular complexity index is 1490. The van der Waals surface area contributed by atoms with E-state index in [-0.39, 0.29) is 51.8 Å². The maximum Gasteiger partial charge on any atom is 0.418 e. The van der Waals surface area contributed by atoms with Gasteiger partial charge < -0.3 is 15.8 Å². The molecule has 0 spiro atoms. The van der Waals surface area contributed by atoms with Gasteiger partial charge in [0.05, 0.1) is 18.4 Å². The van der Waals surface area contributed by atoms with Crippen molar-refractivity contribution in [3.63, 3.8) is 0 Å². The summed E-state index contributed by atoms with van der Waals surface area (Å²) < 4.78 is 60.9. The number of alkyl halides is 3. The fourth-order valence-corrected chi connectivity index (χ4v) is 5.03. The molecule has 2 unspecified atom stereocenters. The highest BCUT2D eigenvalue weighted by atomic mass is 19.4. The fraction of sp³-hybridized carbons (Fsp3) is 0.308. The lowest BCUT2D eigenvalue weighted by Gasteiger charge is -2.30. The van der Waals surface area contributed by atoms with Crippen molar-refractivity contribution in [2.24, 2.45) is 0 Å². The number of halogens is 4. The average molecular weight is 529 g/mol. The summed E-state index contributed by atoms with van der Waals surface area (Å²) in [6, 6.07) is 8.53. The lowest BCUT2D eigenvalue weighted by atomic mass is 9.81. The molecule has 38 heavy (non-hydrogen) atoms. The summed E-state index contributed by atoms with van der Waals surface area (Å²) >= 11 is 0. The summed E-state index contributed by atoms with van der Waals surface area (Å²) in [7, 11) is 1.35. The predicted octanol–water partition coefficient (Wildman–Crippen LogP) is 5.00. The molecule has 8 nitrogen and oxygen atoms in total. The van der Waals surface area contributed by atoms with E-state index < -0.39 is 17.6 Å². The van der Waals surface area contributed by atoms with Crippen LogP contribution < -0.4 is 15.8 Å². The zero-order valence-corrected chi connectivity index (χ0v) is 20.3. The van der Waals surface area contributed by atoms with Crippen LogP contribution in [-0.4, -0.2) is 38.6 Å². The molecule has 4 aromatic rings. The van der Waals surface area contributed by atoms with Crippen molar-refractivity contribution in [1.82, 2.24) is 24.9 Å².